The number of nitrogens with zero attached hydrogens (tertiary/aromatic N) is 2. The van der Waals surface area contributed by atoms with E-state index in [9.17, 15) is 4.79 Å². The maximum atomic E-state index is 11.4. The SMILES string of the molecule is COC(=O)C(N)Cc1cccn1CCN1CCOCC1. The van der Waals surface area contributed by atoms with Crippen molar-refractivity contribution in [2.75, 3.05) is 40.0 Å². The van der Waals surface area contributed by atoms with Crippen LogP contribution in [0.1, 0.15) is 5.69 Å². The van der Waals surface area contributed by atoms with E-state index in [1.807, 2.05) is 18.3 Å². The molecule has 0 bridgehead atoms. The Morgan fingerprint density at radius 1 is 1.45 bits per heavy atom. The number of aromatic nitrogens is 1. The zero-order valence-electron chi connectivity index (χ0n) is 12.0. The third-order valence-corrected chi connectivity index (χ3v) is 3.62. The number of rotatable bonds is 6. The number of hydrogen-bond donors (Lipinski definition) is 1. The largest absolute Gasteiger partial charge is 0.468 e. The van der Waals surface area contributed by atoms with Crippen LogP contribution in [0.15, 0.2) is 18.3 Å². The van der Waals surface area contributed by atoms with E-state index in [0.717, 1.165) is 45.1 Å². The van der Waals surface area contributed by atoms with Crippen molar-refractivity contribution in [3.8, 4) is 0 Å². The third kappa shape index (κ3) is 4.06. The number of methoxy groups -OCH3 is 1. The number of carbonyl (C=O) groups excluding carboxylic acids is 1. The van der Waals surface area contributed by atoms with Gasteiger partial charge in [-0.25, -0.2) is 0 Å². The first kappa shape index (κ1) is 15.0. The molecule has 1 fully saturated rings. The molecule has 1 aliphatic heterocycles. The lowest BCUT2D eigenvalue weighted by molar-refractivity contribution is -0.142. The van der Waals surface area contributed by atoms with Crippen LogP contribution in [0.4, 0.5) is 0 Å². The van der Waals surface area contributed by atoms with Gasteiger partial charge in [0.2, 0.25) is 0 Å². The molecule has 0 radical (unpaired) electrons. The van der Waals surface area contributed by atoms with Gasteiger partial charge in [-0.3, -0.25) is 9.69 Å². The first-order valence-electron chi connectivity index (χ1n) is 6.98. The molecular weight excluding hydrogens is 258 g/mol. The molecule has 0 amide bonds. The Hall–Kier alpha value is -1.37. The molecule has 1 saturated heterocycles. The van der Waals surface area contributed by atoms with Crippen LogP contribution in [0.3, 0.4) is 0 Å². The zero-order valence-corrected chi connectivity index (χ0v) is 12.0. The molecule has 2 N–H and O–H groups in total. The second-order valence-electron chi connectivity index (χ2n) is 4.98. The van der Waals surface area contributed by atoms with Gasteiger partial charge in [-0.1, -0.05) is 0 Å². The quantitative estimate of drug-likeness (QED) is 0.735. The fourth-order valence-corrected chi connectivity index (χ4v) is 2.39. The van der Waals surface area contributed by atoms with Gasteiger partial charge in [-0.15, -0.1) is 0 Å². The van der Waals surface area contributed by atoms with Crippen molar-refractivity contribution in [1.82, 2.24) is 9.47 Å². The summed E-state index contributed by atoms with van der Waals surface area (Å²) in [6.07, 6.45) is 2.53. The minimum Gasteiger partial charge on any atom is -0.468 e. The molecule has 0 spiro atoms. The van der Waals surface area contributed by atoms with Crippen LogP contribution in [-0.4, -0.2) is 61.4 Å². The summed E-state index contributed by atoms with van der Waals surface area (Å²) < 4.78 is 12.1. The summed E-state index contributed by atoms with van der Waals surface area (Å²) in [6.45, 7) is 5.47. The second kappa shape index (κ2) is 7.42. The molecule has 112 valence electrons. The standard InChI is InChI=1S/C14H23N3O3/c1-19-14(18)13(15)11-12-3-2-4-17(12)6-5-16-7-9-20-10-8-16/h2-4,13H,5-11,15H2,1H3. The zero-order chi connectivity index (χ0) is 14.4. The van der Waals surface area contributed by atoms with Crippen molar-refractivity contribution in [3.05, 3.63) is 24.0 Å². The van der Waals surface area contributed by atoms with Gasteiger partial charge in [-0.05, 0) is 12.1 Å². The van der Waals surface area contributed by atoms with Crippen molar-refractivity contribution >= 4 is 5.97 Å². The predicted octanol–water partition coefficient (Wildman–Crippen LogP) is -0.137. The van der Waals surface area contributed by atoms with Crippen LogP contribution in [0, 0.1) is 0 Å². The van der Waals surface area contributed by atoms with Crippen molar-refractivity contribution < 1.29 is 14.3 Å². The summed E-state index contributed by atoms with van der Waals surface area (Å²) >= 11 is 0. The maximum Gasteiger partial charge on any atom is 0.323 e. The molecule has 2 heterocycles. The van der Waals surface area contributed by atoms with Crippen LogP contribution in [0.5, 0.6) is 0 Å². The van der Waals surface area contributed by atoms with E-state index in [1.54, 1.807) is 0 Å². The van der Waals surface area contributed by atoms with Crippen LogP contribution >= 0.6 is 0 Å². The Balaban J connectivity index is 1.86. The van der Waals surface area contributed by atoms with Crippen LogP contribution in [-0.2, 0) is 27.2 Å². The summed E-state index contributed by atoms with van der Waals surface area (Å²) in [5.74, 6) is -0.370. The van der Waals surface area contributed by atoms with Crippen LogP contribution < -0.4 is 5.73 Å². The third-order valence-electron chi connectivity index (χ3n) is 3.62. The van der Waals surface area contributed by atoms with Crippen molar-refractivity contribution in [2.45, 2.75) is 19.0 Å². The lowest BCUT2D eigenvalue weighted by Crippen LogP contribution is -2.38. The van der Waals surface area contributed by atoms with E-state index in [-0.39, 0.29) is 5.97 Å². The van der Waals surface area contributed by atoms with E-state index >= 15 is 0 Å². The highest BCUT2D eigenvalue weighted by Gasteiger charge is 2.16. The van der Waals surface area contributed by atoms with Crippen molar-refractivity contribution in [1.29, 1.82) is 0 Å². The molecular formula is C14H23N3O3. The fourth-order valence-electron chi connectivity index (χ4n) is 2.39. The molecule has 0 aliphatic carbocycles. The molecule has 6 nitrogen and oxygen atoms in total. The molecule has 2 rings (SSSR count). The number of hydrogen-bond acceptors (Lipinski definition) is 5. The van der Waals surface area contributed by atoms with Gasteiger partial charge in [0.05, 0.1) is 20.3 Å². The summed E-state index contributed by atoms with van der Waals surface area (Å²) in [5.41, 5.74) is 6.88. The molecule has 0 saturated carbocycles. The normalized spacial score (nSPS) is 17.9. The smallest absolute Gasteiger partial charge is 0.323 e. The number of nitrogens with two attached hydrogens (primary N) is 1. The van der Waals surface area contributed by atoms with Crippen LogP contribution in [0.2, 0.25) is 0 Å². The highest BCUT2D eigenvalue weighted by molar-refractivity contribution is 5.75. The minimum absolute atomic E-state index is 0.370. The second-order valence-corrected chi connectivity index (χ2v) is 4.98. The highest BCUT2D eigenvalue weighted by atomic mass is 16.5. The van der Waals surface area contributed by atoms with Gasteiger partial charge in [0.15, 0.2) is 0 Å². The summed E-state index contributed by atoms with van der Waals surface area (Å²) in [6, 6.07) is 3.39. The fraction of sp³-hybridized carbons (Fsp3) is 0.643. The molecule has 1 atom stereocenters. The molecule has 0 aromatic carbocycles. The molecule has 20 heavy (non-hydrogen) atoms. The van der Waals surface area contributed by atoms with Crippen molar-refractivity contribution in [3.63, 3.8) is 0 Å². The van der Waals surface area contributed by atoms with Gasteiger partial charge >= 0.3 is 5.97 Å². The Morgan fingerprint density at radius 3 is 2.90 bits per heavy atom. The highest BCUT2D eigenvalue weighted by Crippen LogP contribution is 2.07. The average Bonchev–Trinajstić information content (AvgIpc) is 2.92. The molecule has 1 aliphatic rings. The number of ether oxygens (including phenoxy) is 2. The summed E-state index contributed by atoms with van der Waals surface area (Å²) in [7, 11) is 1.36. The topological polar surface area (TPSA) is 69.7 Å². The maximum absolute atomic E-state index is 11.4. The van der Waals surface area contributed by atoms with E-state index in [2.05, 4.69) is 14.2 Å². The first-order chi connectivity index (χ1) is 9.70. The average molecular weight is 281 g/mol. The Kier molecular flexibility index (Phi) is 5.58. The van der Waals surface area contributed by atoms with E-state index < -0.39 is 6.04 Å². The number of carbonyl (C=O) groups is 1. The predicted molar refractivity (Wildman–Crippen MR) is 75.4 cm³/mol. The van der Waals surface area contributed by atoms with Gasteiger partial charge in [0.25, 0.3) is 0 Å². The van der Waals surface area contributed by atoms with Crippen molar-refractivity contribution in [2.24, 2.45) is 5.73 Å². The van der Waals surface area contributed by atoms with Gasteiger partial charge < -0.3 is 19.8 Å². The lowest BCUT2D eigenvalue weighted by atomic mass is 10.1. The van der Waals surface area contributed by atoms with Gasteiger partial charge in [0.1, 0.15) is 6.04 Å². The summed E-state index contributed by atoms with van der Waals surface area (Å²) in [4.78, 5) is 13.8. The van der Waals surface area contributed by atoms with E-state index in [4.69, 9.17) is 10.5 Å². The minimum atomic E-state index is -0.600. The monoisotopic (exact) mass is 281 g/mol. The molecule has 1 aromatic heterocycles. The first-order valence-corrected chi connectivity index (χ1v) is 6.98. The Bertz CT molecular complexity index is 427. The van der Waals surface area contributed by atoms with Gasteiger partial charge in [0, 0.05) is 44.5 Å². The molecule has 6 heteroatoms. The Morgan fingerprint density at radius 2 is 2.20 bits per heavy atom. The molecule has 1 unspecified atom stereocenters. The number of morpholine rings is 1. The molecule has 1 aromatic rings. The lowest BCUT2D eigenvalue weighted by Gasteiger charge is -2.27. The van der Waals surface area contributed by atoms with Gasteiger partial charge in [-0.2, -0.15) is 0 Å². The number of esters is 1. The van der Waals surface area contributed by atoms with Crippen LogP contribution in [0.25, 0.3) is 0 Å². The van der Waals surface area contributed by atoms with E-state index in [0.29, 0.717) is 6.42 Å². The Labute approximate surface area is 119 Å². The summed E-state index contributed by atoms with van der Waals surface area (Å²) in [5, 5.41) is 0. The van der Waals surface area contributed by atoms with E-state index in [1.165, 1.54) is 7.11 Å².